The Bertz CT molecular complexity index is 1220. The van der Waals surface area contributed by atoms with Crippen LogP contribution in [0.5, 0.6) is 5.75 Å². The molecular formula is C20H20FNO5S3. The summed E-state index contributed by atoms with van der Waals surface area (Å²) in [7, 11) is -6.68. The lowest BCUT2D eigenvalue weighted by atomic mass is 10.2. The first-order chi connectivity index (χ1) is 14.1. The molecule has 0 amide bonds. The maximum Gasteiger partial charge on any atom is 0.244 e. The second-order valence-corrected chi connectivity index (χ2v) is 11.4. The SMILES string of the molecule is COc1ccc(C)cc1S(=O)(=O)NCC(c1cccs1)S(=O)(=O)c1ccc(F)cc1. The highest BCUT2D eigenvalue weighted by Gasteiger charge is 2.32. The van der Waals surface area contributed by atoms with Gasteiger partial charge in [-0.3, -0.25) is 0 Å². The number of hydrogen-bond donors (Lipinski definition) is 1. The summed E-state index contributed by atoms with van der Waals surface area (Å²) in [6.07, 6.45) is 0. The number of halogens is 1. The Morgan fingerprint density at radius 3 is 2.37 bits per heavy atom. The van der Waals surface area contributed by atoms with E-state index in [2.05, 4.69) is 4.72 Å². The standard InChI is InChI=1S/C20H20FNO5S3/c1-14-5-10-17(27-2)19(12-14)30(25,26)22-13-20(18-4-3-11-28-18)29(23,24)16-8-6-15(21)7-9-16/h3-12,20,22H,13H2,1-2H3. The molecule has 0 fully saturated rings. The van der Waals surface area contributed by atoms with Gasteiger partial charge in [0.15, 0.2) is 9.84 Å². The van der Waals surface area contributed by atoms with Crippen molar-refractivity contribution in [3.05, 3.63) is 76.2 Å². The van der Waals surface area contributed by atoms with Crippen molar-refractivity contribution in [2.75, 3.05) is 13.7 Å². The van der Waals surface area contributed by atoms with Gasteiger partial charge in [0.2, 0.25) is 10.0 Å². The lowest BCUT2D eigenvalue weighted by Gasteiger charge is -2.18. The molecule has 1 aromatic heterocycles. The van der Waals surface area contributed by atoms with E-state index in [1.165, 1.54) is 42.7 Å². The van der Waals surface area contributed by atoms with Crippen molar-refractivity contribution in [3.8, 4) is 5.75 Å². The van der Waals surface area contributed by atoms with Crippen molar-refractivity contribution in [3.63, 3.8) is 0 Å². The number of aryl methyl sites for hydroxylation is 1. The summed E-state index contributed by atoms with van der Waals surface area (Å²) in [6, 6.07) is 12.5. The van der Waals surface area contributed by atoms with Crippen LogP contribution in [0, 0.1) is 12.7 Å². The zero-order valence-electron chi connectivity index (χ0n) is 16.2. The summed E-state index contributed by atoms with van der Waals surface area (Å²) in [5, 5.41) is 0.536. The normalized spacial score (nSPS) is 13.2. The zero-order chi connectivity index (χ0) is 21.9. The first-order valence-corrected chi connectivity index (χ1v) is 12.7. The third-order valence-corrected chi connectivity index (χ3v) is 9.12. The molecule has 0 spiro atoms. The lowest BCUT2D eigenvalue weighted by Crippen LogP contribution is -2.32. The van der Waals surface area contributed by atoms with Crippen LogP contribution >= 0.6 is 11.3 Å². The number of nitrogens with one attached hydrogen (secondary N) is 1. The molecule has 0 radical (unpaired) electrons. The maximum absolute atomic E-state index is 13.2. The fourth-order valence-corrected chi connectivity index (χ4v) is 7.07. The molecule has 3 aromatic rings. The third-order valence-electron chi connectivity index (χ3n) is 4.44. The Balaban J connectivity index is 1.96. The van der Waals surface area contributed by atoms with Gasteiger partial charge in [-0.2, -0.15) is 0 Å². The van der Waals surface area contributed by atoms with E-state index in [0.717, 1.165) is 12.1 Å². The number of rotatable bonds is 8. The van der Waals surface area contributed by atoms with Crippen LogP contribution in [-0.2, 0) is 19.9 Å². The molecule has 0 aliphatic carbocycles. The van der Waals surface area contributed by atoms with Gasteiger partial charge in [0.1, 0.15) is 21.7 Å². The van der Waals surface area contributed by atoms with E-state index in [0.29, 0.717) is 10.4 Å². The molecule has 160 valence electrons. The number of sulfone groups is 1. The number of benzene rings is 2. The molecule has 6 nitrogen and oxygen atoms in total. The van der Waals surface area contributed by atoms with Crippen molar-refractivity contribution in [1.29, 1.82) is 0 Å². The summed E-state index contributed by atoms with van der Waals surface area (Å²) in [5.41, 5.74) is 0.713. The van der Waals surface area contributed by atoms with Crippen LogP contribution in [0.4, 0.5) is 4.39 Å². The van der Waals surface area contributed by atoms with Gasteiger partial charge in [-0.25, -0.2) is 25.9 Å². The molecule has 0 aliphatic heterocycles. The van der Waals surface area contributed by atoms with Gasteiger partial charge in [0.25, 0.3) is 0 Å². The predicted octanol–water partition coefficient (Wildman–Crippen LogP) is 3.70. The van der Waals surface area contributed by atoms with Crippen LogP contribution in [0.15, 0.2) is 69.8 Å². The van der Waals surface area contributed by atoms with E-state index in [1.54, 1.807) is 30.5 Å². The van der Waals surface area contributed by atoms with Gasteiger partial charge in [-0.05, 0) is 60.3 Å². The number of ether oxygens (including phenoxy) is 1. The van der Waals surface area contributed by atoms with E-state index >= 15 is 0 Å². The molecule has 30 heavy (non-hydrogen) atoms. The first-order valence-electron chi connectivity index (χ1n) is 8.82. The molecular weight excluding hydrogens is 449 g/mol. The Hall–Kier alpha value is -2.27. The minimum absolute atomic E-state index is 0.0749. The average molecular weight is 470 g/mol. The summed E-state index contributed by atoms with van der Waals surface area (Å²) in [4.78, 5) is 0.307. The fraction of sp³-hybridized carbons (Fsp3) is 0.200. The van der Waals surface area contributed by atoms with Crippen LogP contribution in [0.3, 0.4) is 0 Å². The fourth-order valence-electron chi connectivity index (χ4n) is 2.88. The van der Waals surface area contributed by atoms with Gasteiger partial charge in [0.05, 0.1) is 12.0 Å². The monoisotopic (exact) mass is 469 g/mol. The molecule has 1 atom stereocenters. The second kappa shape index (κ2) is 8.84. The summed E-state index contributed by atoms with van der Waals surface area (Å²) in [6.45, 7) is 1.35. The van der Waals surface area contributed by atoms with Gasteiger partial charge in [-0.1, -0.05) is 12.1 Å². The minimum Gasteiger partial charge on any atom is -0.495 e. The average Bonchev–Trinajstić information content (AvgIpc) is 3.22. The van der Waals surface area contributed by atoms with E-state index < -0.39 is 30.9 Å². The molecule has 1 heterocycles. The maximum atomic E-state index is 13.2. The van der Waals surface area contributed by atoms with Crippen LogP contribution in [0.25, 0.3) is 0 Å². The highest BCUT2D eigenvalue weighted by molar-refractivity contribution is 7.92. The number of hydrogen-bond acceptors (Lipinski definition) is 6. The van der Waals surface area contributed by atoms with E-state index in [-0.39, 0.29) is 22.1 Å². The molecule has 1 N–H and O–H groups in total. The summed E-state index contributed by atoms with van der Waals surface area (Å²) >= 11 is 1.20. The summed E-state index contributed by atoms with van der Waals surface area (Å²) < 4.78 is 73.0. The van der Waals surface area contributed by atoms with E-state index in [9.17, 15) is 21.2 Å². The Kier molecular flexibility index (Phi) is 6.61. The van der Waals surface area contributed by atoms with Crippen molar-refractivity contribution < 1.29 is 26.0 Å². The topological polar surface area (TPSA) is 89.5 Å². The van der Waals surface area contributed by atoms with Crippen molar-refractivity contribution >= 4 is 31.2 Å². The molecule has 3 rings (SSSR count). The van der Waals surface area contributed by atoms with E-state index in [1.807, 2.05) is 0 Å². The first kappa shape index (κ1) is 22.4. The van der Waals surface area contributed by atoms with Gasteiger partial charge in [0, 0.05) is 11.4 Å². The third kappa shape index (κ3) is 4.72. The Morgan fingerprint density at radius 2 is 1.77 bits per heavy atom. The quantitative estimate of drug-likeness (QED) is 0.508. The Morgan fingerprint density at radius 1 is 1.07 bits per heavy atom. The largest absolute Gasteiger partial charge is 0.495 e. The lowest BCUT2D eigenvalue weighted by molar-refractivity contribution is 0.402. The van der Waals surface area contributed by atoms with Crippen molar-refractivity contribution in [1.82, 2.24) is 4.72 Å². The van der Waals surface area contributed by atoms with Gasteiger partial charge in [-0.15, -0.1) is 11.3 Å². The molecule has 1 unspecified atom stereocenters. The smallest absolute Gasteiger partial charge is 0.244 e. The Labute approximate surface area is 179 Å². The van der Waals surface area contributed by atoms with Gasteiger partial charge >= 0.3 is 0 Å². The molecule has 10 heteroatoms. The van der Waals surface area contributed by atoms with Crippen LogP contribution < -0.4 is 9.46 Å². The molecule has 0 bridgehead atoms. The molecule has 0 saturated heterocycles. The second-order valence-electron chi connectivity index (χ2n) is 6.51. The van der Waals surface area contributed by atoms with Crippen LogP contribution in [-0.4, -0.2) is 30.5 Å². The molecule has 0 saturated carbocycles. The van der Waals surface area contributed by atoms with Crippen LogP contribution in [0.2, 0.25) is 0 Å². The number of methoxy groups -OCH3 is 1. The highest BCUT2D eigenvalue weighted by atomic mass is 32.2. The van der Waals surface area contributed by atoms with Crippen molar-refractivity contribution in [2.45, 2.75) is 22.0 Å². The summed E-state index contributed by atoms with van der Waals surface area (Å²) in [5.74, 6) is -0.406. The number of sulfonamides is 1. The molecule has 0 aliphatic rings. The highest BCUT2D eigenvalue weighted by Crippen LogP contribution is 2.32. The van der Waals surface area contributed by atoms with Gasteiger partial charge < -0.3 is 4.74 Å². The minimum atomic E-state index is -4.06. The van der Waals surface area contributed by atoms with Crippen molar-refractivity contribution in [2.24, 2.45) is 0 Å². The predicted molar refractivity (Wildman–Crippen MR) is 114 cm³/mol. The van der Waals surface area contributed by atoms with E-state index in [4.69, 9.17) is 4.74 Å². The van der Waals surface area contributed by atoms with Crippen LogP contribution in [0.1, 0.15) is 15.7 Å². The molecule has 2 aromatic carbocycles. The zero-order valence-corrected chi connectivity index (χ0v) is 18.7. The number of thiophene rings is 1.